The second-order valence-electron chi connectivity index (χ2n) is 6.86. The zero-order valence-corrected chi connectivity index (χ0v) is 17.6. The molecular weight excluding hydrogens is 394 g/mol. The van der Waals surface area contributed by atoms with Gasteiger partial charge >= 0.3 is 5.97 Å². The molecular formula is C20H25N3O5S. The first-order valence-corrected chi connectivity index (χ1v) is 11.0. The van der Waals surface area contributed by atoms with Crippen molar-refractivity contribution in [2.45, 2.75) is 43.9 Å². The van der Waals surface area contributed by atoms with E-state index in [1.54, 1.807) is 37.4 Å². The van der Waals surface area contributed by atoms with Gasteiger partial charge in [0.15, 0.2) is 0 Å². The molecule has 1 saturated carbocycles. The number of benzene rings is 1. The quantitative estimate of drug-likeness (QED) is 0.576. The van der Waals surface area contributed by atoms with E-state index in [1.807, 2.05) is 6.92 Å². The number of carbonyl (C=O) groups is 1. The van der Waals surface area contributed by atoms with E-state index in [1.165, 1.54) is 17.6 Å². The molecule has 0 bridgehead atoms. The third kappa shape index (κ3) is 4.67. The molecule has 0 radical (unpaired) electrons. The molecule has 2 aromatic rings. The monoisotopic (exact) mass is 419 g/mol. The van der Waals surface area contributed by atoms with Gasteiger partial charge in [0.1, 0.15) is 5.75 Å². The molecule has 1 aromatic carbocycles. The fraction of sp³-hybridized carbons (Fsp3) is 0.450. The molecule has 1 heterocycles. The van der Waals surface area contributed by atoms with Crippen molar-refractivity contribution in [2.24, 2.45) is 0 Å². The summed E-state index contributed by atoms with van der Waals surface area (Å²) in [6, 6.07) is 8.78. The molecule has 156 valence electrons. The maximum atomic E-state index is 13.1. The van der Waals surface area contributed by atoms with Gasteiger partial charge in [-0.05, 0) is 43.0 Å². The SMILES string of the molecule is CCC(C(=O)OC)c1ccnc(N(Cc2ccc(OC)cc2)S(=O)(=O)C2CC2)n1. The third-order valence-corrected chi connectivity index (χ3v) is 7.10. The van der Waals surface area contributed by atoms with Crippen molar-refractivity contribution in [1.82, 2.24) is 9.97 Å². The van der Waals surface area contributed by atoms with Crippen LogP contribution in [0.15, 0.2) is 36.5 Å². The molecule has 0 amide bonds. The molecule has 1 fully saturated rings. The summed E-state index contributed by atoms with van der Waals surface area (Å²) in [5, 5.41) is -0.421. The minimum atomic E-state index is -3.61. The Balaban J connectivity index is 1.98. The van der Waals surface area contributed by atoms with E-state index in [2.05, 4.69) is 9.97 Å². The number of rotatable bonds is 9. The van der Waals surface area contributed by atoms with Crippen LogP contribution in [0.1, 0.15) is 43.4 Å². The highest BCUT2D eigenvalue weighted by atomic mass is 32.2. The Morgan fingerprint density at radius 3 is 2.45 bits per heavy atom. The van der Waals surface area contributed by atoms with Gasteiger partial charge in [0.2, 0.25) is 16.0 Å². The van der Waals surface area contributed by atoms with Crippen molar-refractivity contribution < 1.29 is 22.7 Å². The van der Waals surface area contributed by atoms with Crippen LogP contribution in [0, 0.1) is 0 Å². The first-order chi connectivity index (χ1) is 13.9. The number of nitrogens with zero attached hydrogens (tertiary/aromatic N) is 3. The fourth-order valence-electron chi connectivity index (χ4n) is 3.03. The normalized spacial score (nSPS) is 14.9. The lowest BCUT2D eigenvalue weighted by molar-refractivity contribution is -0.142. The molecule has 3 rings (SSSR count). The molecule has 0 N–H and O–H groups in total. The van der Waals surface area contributed by atoms with Gasteiger partial charge in [0.25, 0.3) is 0 Å². The van der Waals surface area contributed by atoms with Crippen molar-refractivity contribution in [2.75, 3.05) is 18.5 Å². The number of esters is 1. The smallest absolute Gasteiger partial charge is 0.314 e. The van der Waals surface area contributed by atoms with Crippen molar-refractivity contribution >= 4 is 21.9 Å². The second-order valence-corrected chi connectivity index (χ2v) is 9.00. The van der Waals surface area contributed by atoms with Crippen molar-refractivity contribution in [3.63, 3.8) is 0 Å². The molecule has 0 spiro atoms. The number of hydrogen-bond acceptors (Lipinski definition) is 7. The standard InChI is InChI=1S/C20H25N3O5S/c1-4-17(19(24)28-3)18-11-12-21-20(22-18)23(29(25,26)16-9-10-16)13-14-5-7-15(27-2)8-6-14/h5-8,11-12,16-17H,4,9-10,13H2,1-3H3. The molecule has 0 saturated heterocycles. The van der Waals surface area contributed by atoms with Crippen LogP contribution in [-0.4, -0.2) is 43.8 Å². The van der Waals surface area contributed by atoms with Crippen molar-refractivity contribution in [3.8, 4) is 5.75 Å². The number of methoxy groups -OCH3 is 2. The number of sulfonamides is 1. The third-order valence-electron chi connectivity index (χ3n) is 4.88. The Hall–Kier alpha value is -2.68. The van der Waals surface area contributed by atoms with E-state index in [0.29, 0.717) is 30.7 Å². The Kier molecular flexibility index (Phi) is 6.36. The van der Waals surface area contributed by atoms with Crippen LogP contribution in [0.2, 0.25) is 0 Å². The highest BCUT2D eigenvalue weighted by Gasteiger charge is 2.41. The van der Waals surface area contributed by atoms with Crippen LogP contribution in [0.25, 0.3) is 0 Å². The minimum absolute atomic E-state index is 0.0626. The number of aromatic nitrogens is 2. The molecule has 1 unspecified atom stereocenters. The van der Waals surface area contributed by atoms with Gasteiger partial charge in [-0.2, -0.15) is 0 Å². The summed E-state index contributed by atoms with van der Waals surface area (Å²) >= 11 is 0. The van der Waals surface area contributed by atoms with Gasteiger partial charge in [-0.15, -0.1) is 0 Å². The highest BCUT2D eigenvalue weighted by molar-refractivity contribution is 7.93. The van der Waals surface area contributed by atoms with Gasteiger partial charge < -0.3 is 9.47 Å². The maximum absolute atomic E-state index is 13.1. The summed E-state index contributed by atoms with van der Waals surface area (Å²) in [5.74, 6) is -0.239. The van der Waals surface area contributed by atoms with E-state index < -0.39 is 27.2 Å². The summed E-state index contributed by atoms with van der Waals surface area (Å²) in [4.78, 5) is 20.7. The number of ether oxygens (including phenoxy) is 2. The van der Waals surface area contributed by atoms with Crippen LogP contribution in [0.3, 0.4) is 0 Å². The molecule has 1 aliphatic rings. The zero-order valence-electron chi connectivity index (χ0n) is 16.7. The largest absolute Gasteiger partial charge is 0.497 e. The van der Waals surface area contributed by atoms with Crippen LogP contribution in [0.5, 0.6) is 5.75 Å². The van der Waals surface area contributed by atoms with E-state index in [4.69, 9.17) is 9.47 Å². The van der Waals surface area contributed by atoms with Crippen LogP contribution < -0.4 is 9.04 Å². The van der Waals surface area contributed by atoms with Crippen molar-refractivity contribution in [3.05, 3.63) is 47.8 Å². The van der Waals surface area contributed by atoms with Crippen LogP contribution >= 0.6 is 0 Å². The molecule has 1 aliphatic carbocycles. The van der Waals surface area contributed by atoms with Gasteiger partial charge in [-0.3, -0.25) is 4.79 Å². The predicted octanol–water partition coefficient (Wildman–Crippen LogP) is 2.65. The molecule has 8 nitrogen and oxygen atoms in total. The summed E-state index contributed by atoms with van der Waals surface area (Å²) in [6.45, 7) is 1.95. The molecule has 29 heavy (non-hydrogen) atoms. The van der Waals surface area contributed by atoms with Gasteiger partial charge in [-0.25, -0.2) is 22.7 Å². The topological polar surface area (TPSA) is 98.7 Å². The lowest BCUT2D eigenvalue weighted by atomic mass is 10.0. The predicted molar refractivity (Wildman–Crippen MR) is 108 cm³/mol. The van der Waals surface area contributed by atoms with Gasteiger partial charge in [0, 0.05) is 6.20 Å². The highest BCUT2D eigenvalue weighted by Crippen LogP contribution is 2.34. The number of hydrogen-bond donors (Lipinski definition) is 0. The fourth-order valence-corrected chi connectivity index (χ4v) is 4.77. The minimum Gasteiger partial charge on any atom is -0.497 e. The molecule has 9 heteroatoms. The number of carbonyl (C=O) groups excluding carboxylic acids is 1. The Bertz CT molecular complexity index is 958. The first-order valence-electron chi connectivity index (χ1n) is 9.46. The first kappa shape index (κ1) is 21.0. The lowest BCUT2D eigenvalue weighted by Crippen LogP contribution is -2.35. The maximum Gasteiger partial charge on any atom is 0.314 e. The van der Waals surface area contributed by atoms with Crippen LogP contribution in [0.4, 0.5) is 5.95 Å². The van der Waals surface area contributed by atoms with Gasteiger partial charge in [0.05, 0.1) is 37.6 Å². The average molecular weight is 420 g/mol. The molecule has 1 aromatic heterocycles. The summed E-state index contributed by atoms with van der Waals surface area (Å²) in [6.07, 6.45) is 3.21. The summed E-state index contributed by atoms with van der Waals surface area (Å²) < 4.78 is 37.4. The van der Waals surface area contributed by atoms with E-state index in [-0.39, 0.29) is 12.5 Å². The van der Waals surface area contributed by atoms with Gasteiger partial charge in [-0.1, -0.05) is 19.1 Å². The van der Waals surface area contributed by atoms with Crippen molar-refractivity contribution in [1.29, 1.82) is 0 Å². The Morgan fingerprint density at radius 2 is 1.90 bits per heavy atom. The van der Waals surface area contributed by atoms with E-state index in [9.17, 15) is 13.2 Å². The van der Waals surface area contributed by atoms with Crippen LogP contribution in [-0.2, 0) is 26.1 Å². The zero-order chi connectivity index (χ0) is 21.0. The summed E-state index contributed by atoms with van der Waals surface area (Å²) in [7, 11) is -0.716. The number of anilines is 1. The second kappa shape index (κ2) is 8.77. The Morgan fingerprint density at radius 1 is 1.21 bits per heavy atom. The summed E-state index contributed by atoms with van der Waals surface area (Å²) in [5.41, 5.74) is 1.22. The lowest BCUT2D eigenvalue weighted by Gasteiger charge is -2.23. The molecule has 1 atom stereocenters. The van der Waals surface area contributed by atoms with E-state index in [0.717, 1.165) is 5.56 Å². The average Bonchev–Trinajstić information content (AvgIpc) is 3.59. The Labute approximate surface area is 170 Å². The van der Waals surface area contributed by atoms with E-state index >= 15 is 0 Å². The molecule has 0 aliphatic heterocycles.